The number of aryl methyl sites for hydroxylation is 1. The highest BCUT2D eigenvalue weighted by atomic mass is 35.5. The van der Waals surface area contributed by atoms with Crippen molar-refractivity contribution in [3.05, 3.63) is 28.1 Å². The molecule has 0 saturated heterocycles. The van der Waals surface area contributed by atoms with E-state index < -0.39 is 23.9 Å². The van der Waals surface area contributed by atoms with Gasteiger partial charge in [0.05, 0.1) is 16.8 Å². The van der Waals surface area contributed by atoms with Gasteiger partial charge >= 0.3 is 6.18 Å². The van der Waals surface area contributed by atoms with Crippen molar-refractivity contribution < 1.29 is 18.0 Å². The van der Waals surface area contributed by atoms with E-state index in [1.54, 1.807) is 20.9 Å². The molecule has 0 bridgehead atoms. The van der Waals surface area contributed by atoms with Crippen molar-refractivity contribution >= 4 is 17.5 Å². The molecule has 0 spiro atoms. The molecule has 2 aromatic rings. The Labute approximate surface area is 140 Å². The zero-order valence-corrected chi connectivity index (χ0v) is 13.9. The quantitative estimate of drug-likeness (QED) is 0.780. The van der Waals surface area contributed by atoms with E-state index in [4.69, 9.17) is 11.6 Å². The molecule has 1 unspecified atom stereocenters. The van der Waals surface area contributed by atoms with E-state index in [1.807, 2.05) is 0 Å². The van der Waals surface area contributed by atoms with E-state index in [1.165, 1.54) is 9.58 Å². The van der Waals surface area contributed by atoms with Crippen LogP contribution in [-0.4, -0.2) is 41.9 Å². The van der Waals surface area contributed by atoms with E-state index in [9.17, 15) is 18.0 Å². The van der Waals surface area contributed by atoms with Crippen LogP contribution in [0, 0.1) is 6.92 Å². The molecule has 0 aliphatic carbocycles. The number of aromatic nitrogens is 5. The monoisotopic (exact) mass is 362 g/mol. The van der Waals surface area contributed by atoms with Crippen LogP contribution in [0.1, 0.15) is 40.8 Å². The zero-order chi connectivity index (χ0) is 17.8. The second-order valence-electron chi connectivity index (χ2n) is 5.58. The first-order chi connectivity index (χ1) is 11.1. The largest absolute Gasteiger partial charge is 0.451 e. The summed E-state index contributed by atoms with van der Waals surface area (Å²) >= 11 is 6.13. The summed E-state index contributed by atoms with van der Waals surface area (Å²) < 4.78 is 41.2. The first-order valence-electron chi connectivity index (χ1n) is 7.13. The summed E-state index contributed by atoms with van der Waals surface area (Å²) in [4.78, 5) is 14.1. The lowest BCUT2D eigenvalue weighted by Gasteiger charge is -2.33. The summed E-state index contributed by atoms with van der Waals surface area (Å²) in [7, 11) is 1.66. The van der Waals surface area contributed by atoms with Gasteiger partial charge in [0.25, 0.3) is 5.91 Å². The first-order valence-corrected chi connectivity index (χ1v) is 7.51. The van der Waals surface area contributed by atoms with Crippen molar-refractivity contribution in [2.75, 3.05) is 6.54 Å². The van der Waals surface area contributed by atoms with Crippen LogP contribution in [0.25, 0.3) is 0 Å². The van der Waals surface area contributed by atoms with Gasteiger partial charge in [-0.25, -0.2) is 0 Å². The highest BCUT2D eigenvalue weighted by Gasteiger charge is 2.42. The van der Waals surface area contributed by atoms with Crippen LogP contribution in [-0.2, 0) is 19.8 Å². The van der Waals surface area contributed by atoms with Gasteiger partial charge in [0.1, 0.15) is 0 Å². The highest BCUT2D eigenvalue weighted by molar-refractivity contribution is 6.34. The number of hydrogen-bond donors (Lipinski definition) is 0. The molecular formula is C13H14ClF3N6O. The van der Waals surface area contributed by atoms with Crippen LogP contribution in [0.3, 0.4) is 0 Å². The molecule has 0 aromatic carbocycles. The van der Waals surface area contributed by atoms with Crippen LogP contribution >= 0.6 is 11.6 Å². The lowest BCUT2D eigenvalue weighted by molar-refractivity contribution is -0.148. The van der Waals surface area contributed by atoms with Crippen molar-refractivity contribution in [2.45, 2.75) is 32.6 Å². The number of hydrogen-bond acceptors (Lipinski definition) is 4. The highest BCUT2D eigenvalue weighted by Crippen LogP contribution is 2.33. The molecule has 7 nitrogen and oxygen atoms in total. The maximum absolute atomic E-state index is 12.9. The molecule has 1 amide bonds. The number of fused-ring (bicyclic) bond motifs is 1. The Morgan fingerprint density at radius 3 is 2.50 bits per heavy atom. The van der Waals surface area contributed by atoms with Gasteiger partial charge in [-0.05, 0) is 13.8 Å². The number of halogens is 4. The summed E-state index contributed by atoms with van der Waals surface area (Å²) in [6.45, 7) is 3.36. The Bertz CT molecular complexity index is 811. The standard InChI is InChI=1S/C13H14ClF3N6O/c1-6-8(14)9(20-21(6)3)11(24)22-4-5-23-10(7(22)2)18-19-12(23)13(15,16)17/h7H,4-5H2,1-3H3. The number of amides is 1. The molecule has 0 radical (unpaired) electrons. The van der Waals surface area contributed by atoms with Crippen molar-refractivity contribution in [1.82, 2.24) is 29.4 Å². The normalized spacial score (nSPS) is 18.0. The molecule has 3 rings (SSSR count). The molecule has 0 N–H and O–H groups in total. The van der Waals surface area contributed by atoms with Gasteiger partial charge in [-0.15, -0.1) is 10.2 Å². The number of rotatable bonds is 1. The molecule has 1 atom stereocenters. The van der Waals surface area contributed by atoms with Crippen molar-refractivity contribution in [2.24, 2.45) is 7.05 Å². The topological polar surface area (TPSA) is 68.8 Å². The fourth-order valence-electron chi connectivity index (χ4n) is 2.73. The molecule has 130 valence electrons. The van der Waals surface area contributed by atoms with E-state index >= 15 is 0 Å². The van der Waals surface area contributed by atoms with Gasteiger partial charge in [-0.3, -0.25) is 9.48 Å². The summed E-state index contributed by atoms with van der Waals surface area (Å²) in [6, 6.07) is -0.673. The van der Waals surface area contributed by atoms with Crippen molar-refractivity contribution in [1.29, 1.82) is 0 Å². The van der Waals surface area contributed by atoms with E-state index in [2.05, 4.69) is 15.3 Å². The fourth-order valence-corrected chi connectivity index (χ4v) is 2.97. The van der Waals surface area contributed by atoms with Crippen molar-refractivity contribution in [3.8, 4) is 0 Å². The Hall–Kier alpha value is -2.10. The van der Waals surface area contributed by atoms with Gasteiger partial charge in [-0.1, -0.05) is 11.6 Å². The first kappa shape index (κ1) is 16.7. The third kappa shape index (κ3) is 2.45. The lowest BCUT2D eigenvalue weighted by atomic mass is 10.2. The number of alkyl halides is 3. The molecular weight excluding hydrogens is 349 g/mol. The smallest absolute Gasteiger partial charge is 0.325 e. The van der Waals surface area contributed by atoms with Gasteiger partial charge in [0.2, 0.25) is 5.82 Å². The second kappa shape index (κ2) is 5.47. The minimum Gasteiger partial charge on any atom is -0.325 e. The maximum atomic E-state index is 12.9. The minimum atomic E-state index is -4.58. The van der Waals surface area contributed by atoms with E-state index in [0.29, 0.717) is 5.69 Å². The third-order valence-electron chi connectivity index (χ3n) is 4.16. The van der Waals surface area contributed by atoms with Gasteiger partial charge in [0, 0.05) is 20.1 Å². The van der Waals surface area contributed by atoms with Crippen LogP contribution < -0.4 is 0 Å². The average molecular weight is 363 g/mol. The Morgan fingerprint density at radius 2 is 1.96 bits per heavy atom. The predicted octanol–water partition coefficient (Wildman–Crippen LogP) is 2.21. The molecule has 11 heteroatoms. The molecule has 3 heterocycles. The molecule has 24 heavy (non-hydrogen) atoms. The molecule has 2 aromatic heterocycles. The van der Waals surface area contributed by atoms with Crippen molar-refractivity contribution in [3.63, 3.8) is 0 Å². The maximum Gasteiger partial charge on any atom is 0.451 e. The summed E-state index contributed by atoms with van der Waals surface area (Å²) in [5.41, 5.74) is 0.708. The fraction of sp³-hybridized carbons (Fsp3) is 0.538. The van der Waals surface area contributed by atoms with E-state index in [0.717, 1.165) is 4.57 Å². The Morgan fingerprint density at radius 1 is 1.29 bits per heavy atom. The van der Waals surface area contributed by atoms with Gasteiger partial charge in [-0.2, -0.15) is 18.3 Å². The van der Waals surface area contributed by atoms with Gasteiger partial charge in [0.15, 0.2) is 11.5 Å². The summed E-state index contributed by atoms with van der Waals surface area (Å²) in [5.74, 6) is -1.41. The molecule has 1 aliphatic heterocycles. The average Bonchev–Trinajstić information content (AvgIpc) is 3.04. The SMILES string of the molecule is Cc1c(Cl)c(C(=O)N2CCn3c(nnc3C(F)(F)F)C2C)nn1C. The minimum absolute atomic E-state index is 0.0449. The summed E-state index contributed by atoms with van der Waals surface area (Å²) in [5, 5.41) is 11.2. The van der Waals surface area contributed by atoms with Gasteiger partial charge < -0.3 is 9.47 Å². The van der Waals surface area contributed by atoms with Crippen LogP contribution in [0.4, 0.5) is 13.2 Å². The van der Waals surface area contributed by atoms with E-state index in [-0.39, 0.29) is 29.6 Å². The Kier molecular flexibility index (Phi) is 3.82. The van der Waals surface area contributed by atoms with Crippen LogP contribution in [0.2, 0.25) is 5.02 Å². The van der Waals surface area contributed by atoms with Crippen LogP contribution in [0.15, 0.2) is 0 Å². The number of carbonyl (C=O) groups excluding carboxylic acids is 1. The second-order valence-corrected chi connectivity index (χ2v) is 5.96. The Balaban J connectivity index is 1.94. The zero-order valence-electron chi connectivity index (χ0n) is 13.1. The molecule has 1 aliphatic rings. The molecule has 0 saturated carbocycles. The summed E-state index contributed by atoms with van der Waals surface area (Å²) in [6.07, 6.45) is -4.58. The lowest BCUT2D eigenvalue weighted by Crippen LogP contribution is -2.42. The molecule has 0 fully saturated rings. The number of nitrogens with zero attached hydrogens (tertiary/aromatic N) is 6. The third-order valence-corrected chi connectivity index (χ3v) is 4.62. The predicted molar refractivity (Wildman–Crippen MR) is 77.4 cm³/mol. The number of carbonyl (C=O) groups is 1. The van der Waals surface area contributed by atoms with Crippen LogP contribution in [0.5, 0.6) is 0 Å².